The number of para-hydroxylation sites is 1. The number of amides is 2. The van der Waals surface area contributed by atoms with Crippen LogP contribution in [0.25, 0.3) is 0 Å². The first-order valence-electron chi connectivity index (χ1n) is 5.85. The fraction of sp³-hybridized carbons (Fsp3) is 0.417. The molecular weight excluding hydrogens is 295 g/mol. The SMILES string of the molecule is Cl.NC1CCN(C(=O)Nc2ccccc2C(F)(F)F)C1. The van der Waals surface area contributed by atoms with E-state index in [-0.39, 0.29) is 24.1 Å². The van der Waals surface area contributed by atoms with Crippen LogP contribution >= 0.6 is 12.4 Å². The van der Waals surface area contributed by atoms with Crippen LogP contribution in [-0.4, -0.2) is 30.1 Å². The Labute approximate surface area is 120 Å². The van der Waals surface area contributed by atoms with E-state index in [1.807, 2.05) is 0 Å². The first-order chi connectivity index (χ1) is 8.88. The highest BCUT2D eigenvalue weighted by Gasteiger charge is 2.34. The zero-order chi connectivity index (χ0) is 14.0. The number of hydrogen-bond donors (Lipinski definition) is 2. The number of nitrogens with two attached hydrogens (primary N) is 1. The van der Waals surface area contributed by atoms with Gasteiger partial charge in [-0.05, 0) is 18.6 Å². The summed E-state index contributed by atoms with van der Waals surface area (Å²) in [5, 5.41) is 2.29. The zero-order valence-corrected chi connectivity index (χ0v) is 11.3. The standard InChI is InChI=1S/C12H14F3N3O.ClH/c13-12(14,15)9-3-1-2-4-10(9)17-11(19)18-6-5-8(16)7-18;/h1-4,8H,5-7,16H2,(H,17,19);1H. The lowest BCUT2D eigenvalue weighted by atomic mass is 10.1. The maximum atomic E-state index is 12.8. The van der Waals surface area contributed by atoms with Crippen LogP contribution in [0.1, 0.15) is 12.0 Å². The first kappa shape index (κ1) is 16.6. The van der Waals surface area contributed by atoms with E-state index in [4.69, 9.17) is 5.73 Å². The van der Waals surface area contributed by atoms with E-state index in [1.165, 1.54) is 23.1 Å². The highest BCUT2D eigenvalue weighted by atomic mass is 35.5. The molecule has 3 N–H and O–H groups in total. The molecule has 112 valence electrons. The van der Waals surface area contributed by atoms with Gasteiger partial charge in [0, 0.05) is 19.1 Å². The van der Waals surface area contributed by atoms with Crippen LogP contribution in [-0.2, 0) is 6.18 Å². The maximum absolute atomic E-state index is 12.8. The molecule has 1 aliphatic heterocycles. The Morgan fingerprint density at radius 3 is 2.55 bits per heavy atom. The zero-order valence-electron chi connectivity index (χ0n) is 10.5. The third-order valence-corrected chi connectivity index (χ3v) is 2.99. The second-order valence-corrected chi connectivity index (χ2v) is 4.47. The Kier molecular flexibility index (Phi) is 5.24. The molecule has 0 saturated carbocycles. The van der Waals surface area contributed by atoms with E-state index in [0.717, 1.165) is 6.07 Å². The molecule has 1 saturated heterocycles. The third kappa shape index (κ3) is 3.77. The van der Waals surface area contributed by atoms with Crippen molar-refractivity contribution in [3.8, 4) is 0 Å². The Bertz CT molecular complexity index is 481. The summed E-state index contributed by atoms with van der Waals surface area (Å²) in [5.41, 5.74) is 4.56. The minimum Gasteiger partial charge on any atom is -0.326 e. The van der Waals surface area contributed by atoms with E-state index in [0.29, 0.717) is 19.5 Å². The molecule has 1 aromatic carbocycles. The summed E-state index contributed by atoms with van der Waals surface area (Å²) < 4.78 is 38.3. The van der Waals surface area contributed by atoms with Crippen LogP contribution in [0.4, 0.5) is 23.7 Å². The molecule has 0 aromatic heterocycles. The molecule has 0 bridgehead atoms. The average molecular weight is 310 g/mol. The summed E-state index contributed by atoms with van der Waals surface area (Å²) in [5.74, 6) is 0. The van der Waals surface area contributed by atoms with Crippen molar-refractivity contribution in [2.45, 2.75) is 18.6 Å². The molecule has 1 atom stereocenters. The van der Waals surface area contributed by atoms with Crippen LogP contribution in [0, 0.1) is 0 Å². The van der Waals surface area contributed by atoms with Crippen molar-refractivity contribution in [2.75, 3.05) is 18.4 Å². The number of anilines is 1. The lowest BCUT2D eigenvalue weighted by molar-refractivity contribution is -0.136. The van der Waals surface area contributed by atoms with Crippen LogP contribution in [0.5, 0.6) is 0 Å². The van der Waals surface area contributed by atoms with Gasteiger partial charge in [-0.25, -0.2) is 4.79 Å². The van der Waals surface area contributed by atoms with Crippen molar-refractivity contribution in [3.05, 3.63) is 29.8 Å². The predicted molar refractivity (Wildman–Crippen MR) is 71.9 cm³/mol. The molecule has 1 unspecified atom stereocenters. The fourth-order valence-corrected chi connectivity index (χ4v) is 2.01. The van der Waals surface area contributed by atoms with Gasteiger partial charge in [0.05, 0.1) is 11.3 Å². The van der Waals surface area contributed by atoms with Crippen molar-refractivity contribution in [2.24, 2.45) is 5.73 Å². The Hall–Kier alpha value is -1.47. The summed E-state index contributed by atoms with van der Waals surface area (Å²) in [7, 11) is 0. The van der Waals surface area contributed by atoms with Crippen molar-refractivity contribution in [1.82, 2.24) is 4.90 Å². The Morgan fingerprint density at radius 2 is 2.00 bits per heavy atom. The summed E-state index contributed by atoms with van der Waals surface area (Å²) >= 11 is 0. The van der Waals surface area contributed by atoms with Gasteiger partial charge in [-0.15, -0.1) is 12.4 Å². The predicted octanol–water partition coefficient (Wildman–Crippen LogP) is 2.69. The number of carbonyl (C=O) groups is 1. The van der Waals surface area contributed by atoms with Gasteiger partial charge in [-0.3, -0.25) is 0 Å². The maximum Gasteiger partial charge on any atom is 0.418 e. The molecule has 0 spiro atoms. The van der Waals surface area contributed by atoms with Crippen molar-refractivity contribution in [3.63, 3.8) is 0 Å². The number of benzene rings is 1. The van der Waals surface area contributed by atoms with Crippen LogP contribution in [0.15, 0.2) is 24.3 Å². The van der Waals surface area contributed by atoms with Crippen molar-refractivity contribution < 1.29 is 18.0 Å². The number of rotatable bonds is 1. The number of nitrogens with zero attached hydrogens (tertiary/aromatic N) is 1. The van der Waals surface area contributed by atoms with E-state index in [1.54, 1.807) is 0 Å². The first-order valence-corrected chi connectivity index (χ1v) is 5.85. The van der Waals surface area contributed by atoms with Gasteiger partial charge in [-0.2, -0.15) is 13.2 Å². The molecule has 2 rings (SSSR count). The lowest BCUT2D eigenvalue weighted by Crippen LogP contribution is -2.35. The molecule has 20 heavy (non-hydrogen) atoms. The van der Waals surface area contributed by atoms with E-state index < -0.39 is 17.8 Å². The van der Waals surface area contributed by atoms with E-state index in [2.05, 4.69) is 5.32 Å². The molecule has 1 aromatic rings. The van der Waals surface area contributed by atoms with Gasteiger partial charge in [0.25, 0.3) is 0 Å². The summed E-state index contributed by atoms with van der Waals surface area (Å²) in [6.07, 6.45) is -3.83. The van der Waals surface area contributed by atoms with Gasteiger partial charge in [0.2, 0.25) is 0 Å². The van der Waals surface area contributed by atoms with E-state index >= 15 is 0 Å². The summed E-state index contributed by atoms with van der Waals surface area (Å²) in [4.78, 5) is 13.2. The number of carbonyl (C=O) groups excluding carboxylic acids is 1. The quantitative estimate of drug-likeness (QED) is 0.838. The number of urea groups is 1. The minimum absolute atomic E-state index is 0. The van der Waals surface area contributed by atoms with Crippen molar-refractivity contribution >= 4 is 24.1 Å². The molecular formula is C12H15ClF3N3O. The molecule has 2 amide bonds. The monoisotopic (exact) mass is 309 g/mol. The number of hydrogen-bond acceptors (Lipinski definition) is 2. The second kappa shape index (κ2) is 6.32. The number of alkyl halides is 3. The second-order valence-electron chi connectivity index (χ2n) is 4.47. The van der Waals surface area contributed by atoms with Gasteiger partial charge >= 0.3 is 12.2 Å². The van der Waals surface area contributed by atoms with Crippen LogP contribution in [0.3, 0.4) is 0 Å². The van der Waals surface area contributed by atoms with Gasteiger partial charge in [0.15, 0.2) is 0 Å². The fourth-order valence-electron chi connectivity index (χ4n) is 2.01. The van der Waals surface area contributed by atoms with Crippen molar-refractivity contribution in [1.29, 1.82) is 0 Å². The number of nitrogens with one attached hydrogen (secondary N) is 1. The highest BCUT2D eigenvalue weighted by molar-refractivity contribution is 5.90. The molecule has 8 heteroatoms. The third-order valence-electron chi connectivity index (χ3n) is 2.99. The lowest BCUT2D eigenvalue weighted by Gasteiger charge is -2.19. The normalized spacial score (nSPS) is 18.6. The highest BCUT2D eigenvalue weighted by Crippen LogP contribution is 2.34. The largest absolute Gasteiger partial charge is 0.418 e. The van der Waals surface area contributed by atoms with Crippen LogP contribution < -0.4 is 11.1 Å². The molecule has 0 aliphatic carbocycles. The van der Waals surface area contributed by atoms with E-state index in [9.17, 15) is 18.0 Å². The summed E-state index contributed by atoms with van der Waals surface area (Å²) in [6.45, 7) is 0.821. The molecule has 4 nitrogen and oxygen atoms in total. The minimum atomic E-state index is -4.49. The molecule has 0 radical (unpaired) electrons. The van der Waals surface area contributed by atoms with Gasteiger partial charge in [0.1, 0.15) is 0 Å². The average Bonchev–Trinajstić information content (AvgIpc) is 2.75. The number of likely N-dealkylation sites (tertiary alicyclic amines) is 1. The van der Waals surface area contributed by atoms with Gasteiger partial charge < -0.3 is 16.0 Å². The summed E-state index contributed by atoms with van der Waals surface area (Å²) in [6, 6.07) is 4.24. The molecule has 1 fully saturated rings. The smallest absolute Gasteiger partial charge is 0.326 e. The molecule has 1 heterocycles. The molecule has 1 aliphatic rings. The van der Waals surface area contributed by atoms with Crippen LogP contribution in [0.2, 0.25) is 0 Å². The number of halogens is 4. The Morgan fingerprint density at radius 1 is 1.35 bits per heavy atom. The van der Waals surface area contributed by atoms with Gasteiger partial charge in [-0.1, -0.05) is 12.1 Å². The Balaban J connectivity index is 0.00000200. The topological polar surface area (TPSA) is 58.4 Å².